The third kappa shape index (κ3) is 15.3. The molecule has 18 atom stereocenters. The number of unbranched alkanes of at least 4 members (excludes halogenated alkanes) is 4. The number of cyclic esters (lactones) is 1. The molecule has 454 valence electrons. The Bertz CT molecular complexity index is 2360. The number of aliphatic hydroxyl groups excluding tert-OH is 3. The molecule has 6 rings (SSSR count). The van der Waals surface area contributed by atoms with Gasteiger partial charge in [0.05, 0.1) is 53.7 Å². The fourth-order valence-electron chi connectivity index (χ4n) is 13.6. The number of rotatable bonds is 17. The first-order chi connectivity index (χ1) is 38.0. The number of amides is 1. The van der Waals surface area contributed by atoms with Crippen molar-refractivity contribution in [3.05, 3.63) is 90.2 Å². The van der Waals surface area contributed by atoms with E-state index < -0.39 is 109 Å². The average Bonchev–Trinajstić information content (AvgIpc) is 3.41. The lowest BCUT2D eigenvalue weighted by atomic mass is 9.68. The van der Waals surface area contributed by atoms with Gasteiger partial charge >= 0.3 is 5.97 Å². The van der Waals surface area contributed by atoms with Gasteiger partial charge < -0.3 is 59.0 Å². The summed E-state index contributed by atoms with van der Waals surface area (Å²) < 4.78 is 75.2. The summed E-state index contributed by atoms with van der Waals surface area (Å²) in [5.74, 6) is -5.16. The second-order valence-corrected chi connectivity index (χ2v) is 28.5. The first kappa shape index (κ1) is 66.6. The second-order valence-electron chi connectivity index (χ2n) is 24.8. The fraction of sp³-hybridized carbons (Fsp3) is 0.683. The van der Waals surface area contributed by atoms with E-state index in [-0.39, 0.29) is 67.7 Å². The molecule has 3 aliphatic heterocycles. The molecule has 3 fully saturated rings. The number of esters is 1. The standard InChI is InChI=1S/C63H95F3N2O12P/c1-14-52-63(10,75)56(71)42(6)68(53(69)20-18-16-15-17-19-33-81(47-27-21-44(64)22-28-47,48-29-23-45(65)24-30-48)49-31-25-46(66)26-32-49)37-38(2)35-61(8,74)58(80-60-55(70)50(67(11)12)34-39(3)77-60)40(4)54(41(5)59(73)79-52)51-36-62(9,76-13)57(72)43(7)78-51/h21-32,38-43,50-52,54-58,60,70-72,74-75H,14-20,33-37H2,1-13H3/q+1/t38-,39-,40+,41-,42-,43+,50+,51-,52-,54?,55-,56-,57+,58-,60+,61-,62-,63-/m1/s1. The van der Waals surface area contributed by atoms with Gasteiger partial charge in [0, 0.05) is 38.5 Å². The lowest BCUT2D eigenvalue weighted by Gasteiger charge is -2.51. The predicted octanol–water partition coefficient (Wildman–Crippen LogP) is 7.82. The highest BCUT2D eigenvalue weighted by Crippen LogP contribution is 2.56. The second kappa shape index (κ2) is 28.1. The van der Waals surface area contributed by atoms with Gasteiger partial charge in [0.15, 0.2) is 6.29 Å². The zero-order valence-corrected chi connectivity index (χ0v) is 51.0. The number of methoxy groups -OCH3 is 1. The molecule has 3 aromatic carbocycles. The van der Waals surface area contributed by atoms with Gasteiger partial charge in [-0.1, -0.05) is 40.5 Å². The molecule has 3 saturated heterocycles. The van der Waals surface area contributed by atoms with E-state index in [9.17, 15) is 48.3 Å². The molecule has 1 unspecified atom stereocenters. The Labute approximate surface area is 480 Å². The molecule has 3 aromatic rings. The summed E-state index contributed by atoms with van der Waals surface area (Å²) in [5.41, 5.74) is -4.89. The predicted molar refractivity (Wildman–Crippen MR) is 309 cm³/mol. The fourth-order valence-corrected chi connectivity index (χ4v) is 17.9. The Hall–Kier alpha value is -3.58. The highest BCUT2D eigenvalue weighted by Gasteiger charge is 2.55. The Morgan fingerprint density at radius 3 is 1.79 bits per heavy atom. The molecule has 3 aliphatic rings. The highest BCUT2D eigenvalue weighted by atomic mass is 31.2. The molecule has 0 saturated carbocycles. The van der Waals surface area contributed by atoms with Crippen molar-refractivity contribution in [2.24, 2.45) is 23.7 Å². The third-order valence-electron chi connectivity index (χ3n) is 18.3. The minimum atomic E-state index is -2.53. The molecule has 14 nitrogen and oxygen atoms in total. The maximum Gasteiger partial charge on any atom is 0.309 e. The molecule has 0 spiro atoms. The molecule has 0 radical (unpaired) electrons. The summed E-state index contributed by atoms with van der Waals surface area (Å²) in [4.78, 5) is 33.0. The lowest BCUT2D eigenvalue weighted by molar-refractivity contribution is -0.302. The number of halogens is 3. The van der Waals surface area contributed by atoms with E-state index in [4.69, 9.17) is 23.7 Å². The van der Waals surface area contributed by atoms with Crippen molar-refractivity contribution in [3.8, 4) is 0 Å². The maximum atomic E-state index is 14.8. The van der Waals surface area contributed by atoms with Crippen LogP contribution >= 0.6 is 7.26 Å². The Balaban J connectivity index is 1.28. The normalized spacial score (nSPS) is 36.0. The smallest absolute Gasteiger partial charge is 0.309 e. The molecule has 0 aliphatic carbocycles. The number of benzene rings is 3. The summed E-state index contributed by atoms with van der Waals surface area (Å²) >= 11 is 0. The van der Waals surface area contributed by atoms with Gasteiger partial charge in [-0.3, -0.25) is 9.59 Å². The molecule has 3 heterocycles. The first-order valence-corrected chi connectivity index (χ1v) is 31.3. The van der Waals surface area contributed by atoms with Crippen LogP contribution in [0, 0.1) is 41.1 Å². The van der Waals surface area contributed by atoms with Crippen molar-refractivity contribution in [1.29, 1.82) is 0 Å². The average molecular weight is 1160 g/mol. The zero-order chi connectivity index (χ0) is 59.9. The SMILES string of the molecule is CC[C@H]1OC(=O)[C@H](C)C([C@H]2C[C@@](C)(OC)[C@@H](O)[C@H](C)O2)[C@H](C)[C@@H](O[C@@H]2O[C@H](C)C[C@H](N(C)C)[C@H]2O)[C@](C)(O)C[C@@H](C)CN(C(=O)CCCCCCC[P+](c2ccc(F)cc2)(c2ccc(F)cc2)c2ccc(F)cc2)[C@H](C)[C@@H](O)[C@]1(C)O. The zero-order valence-electron chi connectivity index (χ0n) is 50.1. The number of hydrogen-bond donors (Lipinski definition) is 5. The molecule has 1 amide bonds. The van der Waals surface area contributed by atoms with Crippen molar-refractivity contribution in [2.75, 3.05) is 33.9 Å². The molecule has 81 heavy (non-hydrogen) atoms. The number of carbonyl (C=O) groups is 2. The maximum absolute atomic E-state index is 14.8. The number of aliphatic hydroxyl groups is 5. The molecular weight excluding hydrogens is 1060 g/mol. The van der Waals surface area contributed by atoms with Gasteiger partial charge in [-0.2, -0.15) is 0 Å². The number of carbonyl (C=O) groups excluding carboxylic acids is 2. The van der Waals surface area contributed by atoms with Crippen LogP contribution in [0.5, 0.6) is 0 Å². The molecule has 18 heteroatoms. The largest absolute Gasteiger partial charge is 0.459 e. The van der Waals surface area contributed by atoms with E-state index >= 15 is 0 Å². The van der Waals surface area contributed by atoms with E-state index in [0.29, 0.717) is 25.4 Å². The lowest BCUT2D eigenvalue weighted by Crippen LogP contribution is -2.61. The number of likely N-dealkylation sites (N-methyl/N-ethyl adjacent to an activating group) is 1. The van der Waals surface area contributed by atoms with E-state index in [2.05, 4.69) is 0 Å². The van der Waals surface area contributed by atoms with E-state index in [1.54, 1.807) is 82.8 Å². The Morgan fingerprint density at radius 2 is 1.28 bits per heavy atom. The minimum absolute atomic E-state index is 0.0396. The molecule has 0 bridgehead atoms. The van der Waals surface area contributed by atoms with Crippen molar-refractivity contribution in [2.45, 2.75) is 217 Å². The van der Waals surface area contributed by atoms with Crippen LogP contribution in [-0.2, 0) is 33.3 Å². The van der Waals surface area contributed by atoms with E-state index in [0.717, 1.165) is 35.2 Å². The monoisotopic (exact) mass is 1160 g/mol. The van der Waals surface area contributed by atoms with Crippen molar-refractivity contribution in [1.82, 2.24) is 9.80 Å². The van der Waals surface area contributed by atoms with Crippen LogP contribution in [0.15, 0.2) is 72.8 Å². The summed E-state index contributed by atoms with van der Waals surface area (Å²) in [5, 5.41) is 63.6. The summed E-state index contributed by atoms with van der Waals surface area (Å²) in [6.45, 7) is 17.4. The minimum Gasteiger partial charge on any atom is -0.459 e. The molecule has 5 N–H and O–H groups in total. The van der Waals surface area contributed by atoms with Gasteiger partial charge in [0.25, 0.3) is 0 Å². The van der Waals surface area contributed by atoms with Crippen molar-refractivity contribution < 1.29 is 72.0 Å². The van der Waals surface area contributed by atoms with Crippen LogP contribution in [0.2, 0.25) is 0 Å². The third-order valence-corrected chi connectivity index (χ3v) is 22.8. The van der Waals surface area contributed by atoms with Crippen molar-refractivity contribution >= 4 is 35.1 Å². The van der Waals surface area contributed by atoms with Crippen molar-refractivity contribution in [3.63, 3.8) is 0 Å². The number of hydrogen-bond acceptors (Lipinski definition) is 13. The first-order valence-electron chi connectivity index (χ1n) is 29.4. The molecular formula is C63H95F3N2O12P+. The Kier molecular flexibility index (Phi) is 23.1. The van der Waals surface area contributed by atoms with Crippen LogP contribution in [0.3, 0.4) is 0 Å². The Morgan fingerprint density at radius 1 is 0.765 bits per heavy atom. The summed E-state index contributed by atoms with van der Waals surface area (Å²) in [7, 11) is 2.72. The summed E-state index contributed by atoms with van der Waals surface area (Å²) in [6.07, 6.45) is -4.21. The van der Waals surface area contributed by atoms with Gasteiger partial charge in [0.1, 0.15) is 70.6 Å². The van der Waals surface area contributed by atoms with Crippen LogP contribution in [-0.4, -0.2) is 165 Å². The van der Waals surface area contributed by atoms with Gasteiger partial charge in [-0.05, 0) is 179 Å². The van der Waals surface area contributed by atoms with Crippen LogP contribution in [0.4, 0.5) is 13.2 Å². The molecule has 0 aromatic heterocycles. The number of ether oxygens (including phenoxy) is 5. The van der Waals surface area contributed by atoms with Gasteiger partial charge in [-0.15, -0.1) is 0 Å². The topological polar surface area (TPSA) is 188 Å². The van der Waals surface area contributed by atoms with E-state index in [1.807, 2.05) is 39.8 Å². The van der Waals surface area contributed by atoms with Gasteiger partial charge in [0.2, 0.25) is 5.91 Å². The van der Waals surface area contributed by atoms with Gasteiger partial charge in [-0.25, -0.2) is 13.2 Å². The highest BCUT2D eigenvalue weighted by molar-refractivity contribution is 7.95. The van der Waals surface area contributed by atoms with Crippen LogP contribution in [0.1, 0.15) is 133 Å². The van der Waals surface area contributed by atoms with E-state index in [1.165, 1.54) is 50.4 Å². The quantitative estimate of drug-likeness (QED) is 0.0501. The summed E-state index contributed by atoms with van der Waals surface area (Å²) in [6, 6.07) is 17.7. The van der Waals surface area contributed by atoms with Crippen LogP contribution in [0.25, 0.3) is 0 Å². The number of nitrogens with zero attached hydrogens (tertiary/aromatic N) is 2. The van der Waals surface area contributed by atoms with Crippen LogP contribution < -0.4 is 15.9 Å².